The lowest BCUT2D eigenvalue weighted by atomic mass is 9.78. The second-order valence-corrected chi connectivity index (χ2v) is 10.2. The Hall–Kier alpha value is -1.09. The molecule has 0 aromatic heterocycles. The summed E-state index contributed by atoms with van der Waals surface area (Å²) >= 11 is 12.0. The summed E-state index contributed by atoms with van der Waals surface area (Å²) in [4.78, 5) is -0.0521. The molecule has 0 spiro atoms. The van der Waals surface area contributed by atoms with E-state index < -0.39 is 28.3 Å². The molecule has 0 radical (unpaired) electrons. The van der Waals surface area contributed by atoms with Crippen molar-refractivity contribution in [3.63, 3.8) is 0 Å². The van der Waals surface area contributed by atoms with E-state index in [1.165, 1.54) is 12.1 Å². The predicted octanol–water partition coefficient (Wildman–Crippen LogP) is 3.77. The van der Waals surface area contributed by atoms with Crippen LogP contribution in [0.25, 0.3) is 0 Å². The monoisotopic (exact) mass is 441 g/mol. The summed E-state index contributed by atoms with van der Waals surface area (Å²) in [5.74, 6) is 0. The molecule has 1 aliphatic heterocycles. The second kappa shape index (κ2) is 7.63. The molecule has 3 rings (SSSR count). The SMILES string of the molecule is CC1(C)OB(c2cccc(CNS(=O)(=O)c3cccc(Cl)c3Cl)c2)OC1(C)C. The molecular formula is C19H22BCl2NO4S. The van der Waals surface area contributed by atoms with Crippen molar-refractivity contribution in [1.82, 2.24) is 4.72 Å². The average Bonchev–Trinajstić information content (AvgIpc) is 2.83. The first-order valence-electron chi connectivity index (χ1n) is 8.81. The van der Waals surface area contributed by atoms with E-state index in [1.54, 1.807) is 6.07 Å². The molecule has 5 nitrogen and oxygen atoms in total. The molecule has 1 fully saturated rings. The van der Waals surface area contributed by atoms with Gasteiger partial charge >= 0.3 is 7.12 Å². The lowest BCUT2D eigenvalue weighted by Gasteiger charge is -2.32. The Kier molecular flexibility index (Phi) is 5.89. The van der Waals surface area contributed by atoms with Crippen LogP contribution in [0.4, 0.5) is 0 Å². The zero-order chi connectivity index (χ0) is 20.7. The Labute approximate surface area is 176 Å². The molecule has 1 saturated heterocycles. The van der Waals surface area contributed by atoms with Crippen molar-refractivity contribution in [3.05, 3.63) is 58.1 Å². The molecular weight excluding hydrogens is 420 g/mol. The van der Waals surface area contributed by atoms with Gasteiger partial charge in [0.1, 0.15) is 4.90 Å². The minimum atomic E-state index is -3.81. The molecule has 0 saturated carbocycles. The highest BCUT2D eigenvalue weighted by molar-refractivity contribution is 7.89. The number of hydrogen-bond acceptors (Lipinski definition) is 4. The van der Waals surface area contributed by atoms with E-state index in [2.05, 4.69) is 4.72 Å². The van der Waals surface area contributed by atoms with Crippen LogP contribution in [0.1, 0.15) is 33.3 Å². The number of sulfonamides is 1. The van der Waals surface area contributed by atoms with Crippen LogP contribution in [0, 0.1) is 0 Å². The summed E-state index contributed by atoms with van der Waals surface area (Å²) in [6.07, 6.45) is 0. The maximum Gasteiger partial charge on any atom is 0.494 e. The van der Waals surface area contributed by atoms with Gasteiger partial charge in [0.15, 0.2) is 0 Å². The molecule has 0 atom stereocenters. The Morgan fingerprint density at radius 3 is 2.25 bits per heavy atom. The van der Waals surface area contributed by atoms with Crippen LogP contribution in [0.15, 0.2) is 47.4 Å². The summed E-state index contributed by atoms with van der Waals surface area (Å²) in [6.45, 7) is 8.04. The zero-order valence-electron chi connectivity index (χ0n) is 16.1. The molecule has 1 aliphatic rings. The first-order chi connectivity index (χ1) is 12.9. The fourth-order valence-electron chi connectivity index (χ4n) is 2.78. The molecule has 0 bridgehead atoms. The van der Waals surface area contributed by atoms with E-state index in [0.29, 0.717) is 0 Å². The first-order valence-corrected chi connectivity index (χ1v) is 11.0. The Morgan fingerprint density at radius 1 is 1.00 bits per heavy atom. The summed E-state index contributed by atoms with van der Waals surface area (Å²) in [6, 6.07) is 11.9. The number of nitrogens with one attached hydrogen (secondary N) is 1. The Morgan fingerprint density at radius 2 is 1.61 bits per heavy atom. The molecule has 1 N–H and O–H groups in total. The topological polar surface area (TPSA) is 64.6 Å². The zero-order valence-corrected chi connectivity index (χ0v) is 18.5. The fraction of sp³-hybridized carbons (Fsp3) is 0.368. The van der Waals surface area contributed by atoms with E-state index in [1.807, 2.05) is 52.0 Å². The van der Waals surface area contributed by atoms with E-state index in [9.17, 15) is 8.42 Å². The summed E-state index contributed by atoms with van der Waals surface area (Å²) < 4.78 is 39.8. The van der Waals surface area contributed by atoms with Crippen LogP contribution in [-0.2, 0) is 25.9 Å². The third kappa shape index (κ3) is 4.25. The van der Waals surface area contributed by atoms with Gasteiger partial charge < -0.3 is 9.31 Å². The Balaban J connectivity index is 1.76. The third-order valence-corrected chi connectivity index (χ3v) is 7.52. The largest absolute Gasteiger partial charge is 0.494 e. The standard InChI is InChI=1S/C19H22BCl2NO4S/c1-18(2)19(3,4)27-20(26-18)14-8-5-7-13(11-14)12-23-28(24,25)16-10-6-9-15(21)17(16)22/h5-11,23H,12H2,1-4H3. The summed E-state index contributed by atoms with van der Waals surface area (Å²) in [7, 11) is -4.32. The van der Waals surface area contributed by atoms with Crippen LogP contribution in [0.2, 0.25) is 10.0 Å². The highest BCUT2D eigenvalue weighted by Crippen LogP contribution is 2.36. The van der Waals surface area contributed by atoms with Crippen molar-refractivity contribution in [2.75, 3.05) is 0 Å². The van der Waals surface area contributed by atoms with Gasteiger partial charge in [0.05, 0.1) is 21.2 Å². The van der Waals surface area contributed by atoms with E-state index in [0.717, 1.165) is 11.0 Å². The van der Waals surface area contributed by atoms with E-state index in [4.69, 9.17) is 32.5 Å². The molecule has 9 heteroatoms. The smallest absolute Gasteiger partial charge is 0.399 e. The van der Waals surface area contributed by atoms with Gasteiger partial charge in [-0.2, -0.15) is 0 Å². The molecule has 0 amide bonds. The molecule has 150 valence electrons. The van der Waals surface area contributed by atoms with Crippen LogP contribution in [-0.4, -0.2) is 26.7 Å². The van der Waals surface area contributed by atoms with Crippen LogP contribution < -0.4 is 10.2 Å². The quantitative estimate of drug-likeness (QED) is 0.717. The molecule has 0 unspecified atom stereocenters. The summed E-state index contributed by atoms with van der Waals surface area (Å²) in [5, 5.41) is 0.190. The number of rotatable bonds is 5. The van der Waals surface area contributed by atoms with Crippen LogP contribution >= 0.6 is 23.2 Å². The lowest BCUT2D eigenvalue weighted by Crippen LogP contribution is -2.41. The highest BCUT2D eigenvalue weighted by Gasteiger charge is 2.51. The highest BCUT2D eigenvalue weighted by atomic mass is 35.5. The predicted molar refractivity (Wildman–Crippen MR) is 113 cm³/mol. The van der Waals surface area contributed by atoms with E-state index >= 15 is 0 Å². The number of hydrogen-bond donors (Lipinski definition) is 1. The van der Waals surface area contributed by atoms with Gasteiger partial charge in [0, 0.05) is 6.54 Å². The summed E-state index contributed by atoms with van der Waals surface area (Å²) in [5.41, 5.74) is 0.710. The normalized spacial score (nSPS) is 18.4. The van der Waals surface area contributed by atoms with Gasteiger partial charge in [-0.25, -0.2) is 13.1 Å². The van der Waals surface area contributed by atoms with Gasteiger partial charge in [-0.3, -0.25) is 0 Å². The molecule has 0 aliphatic carbocycles. The van der Waals surface area contributed by atoms with Gasteiger partial charge in [-0.15, -0.1) is 0 Å². The first kappa shape index (κ1) is 21.6. The molecule has 28 heavy (non-hydrogen) atoms. The molecule has 2 aromatic rings. The van der Waals surface area contributed by atoms with Crippen molar-refractivity contribution in [2.45, 2.75) is 50.3 Å². The minimum absolute atomic E-state index is 0.00244. The van der Waals surface area contributed by atoms with E-state index in [-0.39, 0.29) is 21.5 Å². The van der Waals surface area contributed by atoms with Gasteiger partial charge in [0.2, 0.25) is 10.0 Å². The minimum Gasteiger partial charge on any atom is -0.399 e. The maximum atomic E-state index is 12.6. The van der Waals surface area contributed by atoms with Gasteiger partial charge in [-0.1, -0.05) is 53.5 Å². The van der Waals surface area contributed by atoms with Crippen LogP contribution in [0.3, 0.4) is 0 Å². The van der Waals surface area contributed by atoms with Gasteiger partial charge in [-0.05, 0) is 50.9 Å². The van der Waals surface area contributed by atoms with Crippen molar-refractivity contribution in [2.24, 2.45) is 0 Å². The van der Waals surface area contributed by atoms with Crippen LogP contribution in [0.5, 0.6) is 0 Å². The number of benzene rings is 2. The third-order valence-electron chi connectivity index (χ3n) is 5.15. The van der Waals surface area contributed by atoms with Crippen molar-refractivity contribution < 1.29 is 17.7 Å². The number of halogens is 2. The Bertz CT molecular complexity index is 979. The van der Waals surface area contributed by atoms with Crippen molar-refractivity contribution in [1.29, 1.82) is 0 Å². The van der Waals surface area contributed by atoms with Crippen molar-refractivity contribution >= 4 is 45.8 Å². The molecule has 1 heterocycles. The second-order valence-electron chi connectivity index (χ2n) is 7.71. The van der Waals surface area contributed by atoms with Crippen molar-refractivity contribution in [3.8, 4) is 0 Å². The maximum absolute atomic E-state index is 12.6. The average molecular weight is 442 g/mol. The fourth-order valence-corrected chi connectivity index (χ4v) is 4.55. The lowest BCUT2D eigenvalue weighted by molar-refractivity contribution is 0.00578. The molecule has 2 aromatic carbocycles. The van der Waals surface area contributed by atoms with Gasteiger partial charge in [0.25, 0.3) is 0 Å².